The van der Waals surface area contributed by atoms with Crippen molar-refractivity contribution in [2.24, 2.45) is 0 Å². The number of aryl methyl sites for hydroxylation is 1. The molecule has 1 N–H and O–H groups in total. The second kappa shape index (κ2) is 4.92. The molecule has 2 heterocycles. The van der Waals surface area contributed by atoms with Crippen molar-refractivity contribution in [3.8, 4) is 0 Å². The fraction of sp³-hybridized carbons (Fsp3) is 0.786. The van der Waals surface area contributed by atoms with Gasteiger partial charge in [0.2, 0.25) is 5.95 Å². The molecule has 0 amide bonds. The van der Waals surface area contributed by atoms with Gasteiger partial charge in [-0.05, 0) is 39.2 Å². The molecule has 0 radical (unpaired) electrons. The predicted molar refractivity (Wildman–Crippen MR) is 74.2 cm³/mol. The zero-order valence-corrected chi connectivity index (χ0v) is 11.5. The number of likely N-dealkylation sites (N-methyl/N-ethyl adjacent to an activating group) is 1. The molecule has 0 spiro atoms. The van der Waals surface area contributed by atoms with Gasteiger partial charge in [-0.2, -0.15) is 0 Å². The Kier molecular flexibility index (Phi) is 3.29. The summed E-state index contributed by atoms with van der Waals surface area (Å²) in [5, 5.41) is 3.32. The Morgan fingerprint density at radius 3 is 2.89 bits per heavy atom. The van der Waals surface area contributed by atoms with Gasteiger partial charge in [0.1, 0.15) is 0 Å². The van der Waals surface area contributed by atoms with Gasteiger partial charge in [0.25, 0.3) is 0 Å². The minimum atomic E-state index is 0.625. The van der Waals surface area contributed by atoms with E-state index in [0.717, 1.165) is 19.0 Å². The highest BCUT2D eigenvalue weighted by molar-refractivity contribution is 5.38. The maximum Gasteiger partial charge on any atom is 0.206 e. The van der Waals surface area contributed by atoms with Crippen LogP contribution in [0.4, 0.5) is 5.95 Å². The highest BCUT2D eigenvalue weighted by Crippen LogP contribution is 2.39. The smallest absolute Gasteiger partial charge is 0.206 e. The van der Waals surface area contributed by atoms with Gasteiger partial charge in [-0.15, -0.1) is 0 Å². The van der Waals surface area contributed by atoms with E-state index in [9.17, 15) is 0 Å². The van der Waals surface area contributed by atoms with Crippen LogP contribution < -0.4 is 10.2 Å². The molecule has 1 aliphatic heterocycles. The Bertz CT molecular complexity index is 408. The third-order valence-corrected chi connectivity index (χ3v) is 4.14. The number of nitrogens with zero attached hydrogens (tertiary/aromatic N) is 3. The summed E-state index contributed by atoms with van der Waals surface area (Å²) in [4.78, 5) is 7.39. The van der Waals surface area contributed by atoms with Crippen molar-refractivity contribution in [3.05, 3.63) is 11.9 Å². The Labute approximate surface area is 109 Å². The van der Waals surface area contributed by atoms with Crippen molar-refractivity contribution in [1.82, 2.24) is 14.9 Å². The predicted octanol–water partition coefficient (Wildman–Crippen LogP) is 1.97. The number of rotatable bonds is 5. The van der Waals surface area contributed by atoms with E-state index in [2.05, 4.69) is 27.9 Å². The lowest BCUT2D eigenvalue weighted by molar-refractivity contribution is 0.592. The second-order valence-electron chi connectivity index (χ2n) is 5.57. The zero-order valence-electron chi connectivity index (χ0n) is 11.5. The van der Waals surface area contributed by atoms with E-state index >= 15 is 0 Å². The lowest BCUT2D eigenvalue weighted by Gasteiger charge is -2.26. The van der Waals surface area contributed by atoms with Gasteiger partial charge in [0.05, 0.1) is 5.69 Å². The summed E-state index contributed by atoms with van der Waals surface area (Å²) in [6.07, 6.45) is 8.57. The Balaban J connectivity index is 1.87. The van der Waals surface area contributed by atoms with Crippen LogP contribution in [0.2, 0.25) is 0 Å². The van der Waals surface area contributed by atoms with Crippen molar-refractivity contribution in [3.63, 3.8) is 0 Å². The molecule has 1 atom stereocenters. The maximum absolute atomic E-state index is 4.87. The average molecular weight is 248 g/mol. The summed E-state index contributed by atoms with van der Waals surface area (Å²) in [5.74, 6) is 1.23. The number of aromatic nitrogens is 2. The number of nitrogens with one attached hydrogen (secondary N) is 1. The summed E-state index contributed by atoms with van der Waals surface area (Å²) in [6.45, 7) is 4.43. The molecule has 2 aliphatic rings. The number of anilines is 1. The summed E-state index contributed by atoms with van der Waals surface area (Å²) < 4.78 is 2.44. The van der Waals surface area contributed by atoms with E-state index in [1.54, 1.807) is 0 Å². The van der Waals surface area contributed by atoms with E-state index in [1.807, 2.05) is 7.05 Å². The fourth-order valence-corrected chi connectivity index (χ4v) is 2.98. The SMILES string of the molecule is CCc1cn(C2CC2)c(N2CCCC2CNC)n1. The van der Waals surface area contributed by atoms with E-state index in [1.165, 1.54) is 43.9 Å². The van der Waals surface area contributed by atoms with E-state index in [-0.39, 0.29) is 0 Å². The molecule has 0 aromatic carbocycles. The first-order valence-electron chi connectivity index (χ1n) is 7.32. The molecule has 1 aliphatic carbocycles. The summed E-state index contributed by atoms with van der Waals surface area (Å²) >= 11 is 0. The lowest BCUT2D eigenvalue weighted by atomic mass is 10.2. The average Bonchev–Trinajstić information content (AvgIpc) is 2.98. The molecule has 1 saturated carbocycles. The van der Waals surface area contributed by atoms with Gasteiger partial charge < -0.3 is 14.8 Å². The van der Waals surface area contributed by atoms with Crippen LogP contribution in [-0.4, -0.2) is 35.7 Å². The van der Waals surface area contributed by atoms with Crippen molar-refractivity contribution in [2.75, 3.05) is 25.0 Å². The normalized spacial score (nSPS) is 23.9. The van der Waals surface area contributed by atoms with Crippen LogP contribution in [0.3, 0.4) is 0 Å². The van der Waals surface area contributed by atoms with E-state index in [4.69, 9.17) is 4.98 Å². The molecular formula is C14H24N4. The van der Waals surface area contributed by atoms with Gasteiger partial charge in [-0.1, -0.05) is 6.92 Å². The van der Waals surface area contributed by atoms with Gasteiger partial charge in [0, 0.05) is 31.4 Å². The van der Waals surface area contributed by atoms with Crippen LogP contribution in [0.1, 0.15) is 44.3 Å². The minimum Gasteiger partial charge on any atom is -0.338 e. The summed E-state index contributed by atoms with van der Waals surface area (Å²) in [5.41, 5.74) is 1.24. The first kappa shape index (κ1) is 12.0. The van der Waals surface area contributed by atoms with Crippen LogP contribution >= 0.6 is 0 Å². The molecule has 4 nitrogen and oxygen atoms in total. The quantitative estimate of drug-likeness (QED) is 0.865. The van der Waals surface area contributed by atoms with Crippen molar-refractivity contribution >= 4 is 5.95 Å². The van der Waals surface area contributed by atoms with Crippen LogP contribution in [0.25, 0.3) is 0 Å². The second-order valence-corrected chi connectivity index (χ2v) is 5.57. The first-order chi connectivity index (χ1) is 8.83. The number of imidazole rings is 1. The summed E-state index contributed by atoms with van der Waals surface area (Å²) in [6, 6.07) is 1.35. The monoisotopic (exact) mass is 248 g/mol. The Morgan fingerprint density at radius 1 is 1.39 bits per heavy atom. The molecule has 18 heavy (non-hydrogen) atoms. The standard InChI is InChI=1S/C14H24N4/c1-3-11-10-18(12-6-7-12)14(16-11)17-8-4-5-13(17)9-15-2/h10,12-13,15H,3-9H2,1-2H3. The van der Waals surface area contributed by atoms with Crippen molar-refractivity contribution in [1.29, 1.82) is 0 Å². The molecule has 4 heteroatoms. The molecule has 1 aromatic heterocycles. The fourth-order valence-electron chi connectivity index (χ4n) is 2.98. The maximum atomic E-state index is 4.87. The third-order valence-electron chi connectivity index (χ3n) is 4.14. The molecule has 1 unspecified atom stereocenters. The molecular weight excluding hydrogens is 224 g/mol. The Hall–Kier alpha value is -1.03. The molecule has 1 saturated heterocycles. The highest BCUT2D eigenvalue weighted by Gasteiger charge is 2.32. The minimum absolute atomic E-state index is 0.625. The van der Waals surface area contributed by atoms with Crippen molar-refractivity contribution < 1.29 is 0 Å². The van der Waals surface area contributed by atoms with Crippen molar-refractivity contribution in [2.45, 2.75) is 51.1 Å². The topological polar surface area (TPSA) is 33.1 Å². The van der Waals surface area contributed by atoms with E-state index < -0.39 is 0 Å². The molecule has 0 bridgehead atoms. The van der Waals surface area contributed by atoms with E-state index in [0.29, 0.717) is 6.04 Å². The van der Waals surface area contributed by atoms with Crippen LogP contribution in [-0.2, 0) is 6.42 Å². The lowest BCUT2D eigenvalue weighted by Crippen LogP contribution is -2.38. The van der Waals surface area contributed by atoms with Crippen LogP contribution in [0, 0.1) is 0 Å². The van der Waals surface area contributed by atoms with Gasteiger partial charge in [-0.3, -0.25) is 0 Å². The molecule has 100 valence electrons. The third kappa shape index (κ3) is 2.14. The summed E-state index contributed by atoms with van der Waals surface area (Å²) in [7, 11) is 2.04. The molecule has 1 aromatic rings. The Morgan fingerprint density at radius 2 is 2.22 bits per heavy atom. The molecule has 3 rings (SSSR count). The van der Waals surface area contributed by atoms with Gasteiger partial charge >= 0.3 is 0 Å². The van der Waals surface area contributed by atoms with Gasteiger partial charge in [-0.25, -0.2) is 4.98 Å². The number of hydrogen-bond acceptors (Lipinski definition) is 3. The zero-order chi connectivity index (χ0) is 12.5. The largest absolute Gasteiger partial charge is 0.338 e. The molecule has 2 fully saturated rings. The number of hydrogen-bond donors (Lipinski definition) is 1. The van der Waals surface area contributed by atoms with Crippen LogP contribution in [0.5, 0.6) is 0 Å². The highest BCUT2D eigenvalue weighted by atomic mass is 15.4. The van der Waals surface area contributed by atoms with Gasteiger partial charge in [0.15, 0.2) is 0 Å². The van der Waals surface area contributed by atoms with Crippen LogP contribution in [0.15, 0.2) is 6.20 Å². The first-order valence-corrected chi connectivity index (χ1v) is 7.32.